The predicted molar refractivity (Wildman–Crippen MR) is 121 cm³/mol. The summed E-state index contributed by atoms with van der Waals surface area (Å²) >= 11 is 0. The Kier molecular flexibility index (Phi) is 7.01. The molecule has 4 rings (SSSR count). The first-order valence-electron chi connectivity index (χ1n) is 10.4. The van der Waals surface area contributed by atoms with Crippen molar-refractivity contribution in [3.05, 3.63) is 102 Å². The van der Waals surface area contributed by atoms with Gasteiger partial charge in [-0.15, -0.1) is 0 Å². The maximum atomic E-state index is 12.2. The van der Waals surface area contributed by atoms with Gasteiger partial charge >= 0.3 is 11.9 Å². The zero-order valence-corrected chi connectivity index (χ0v) is 17.7. The van der Waals surface area contributed by atoms with Crippen LogP contribution in [0.4, 0.5) is 4.79 Å². The van der Waals surface area contributed by atoms with Crippen molar-refractivity contribution in [1.82, 2.24) is 25.9 Å². The zero-order chi connectivity index (χ0) is 22.9. The first-order valence-corrected chi connectivity index (χ1v) is 10.4. The molecule has 0 spiro atoms. The van der Waals surface area contributed by atoms with Crippen LogP contribution in [0.2, 0.25) is 0 Å². The Balaban J connectivity index is 1.15. The third-order valence-corrected chi connectivity index (χ3v) is 4.70. The lowest BCUT2D eigenvalue weighted by Gasteiger charge is -2.09. The minimum atomic E-state index is -0.565. The predicted octanol–water partition coefficient (Wildman–Crippen LogP) is 3.23. The second kappa shape index (κ2) is 10.7. The number of hydrazine groups is 1. The SMILES string of the molecule is O=C(NCCc1ccc(-n2cccn2)cc1)NNC(=O)c1ccc(COc2ccccc2)o1. The summed E-state index contributed by atoms with van der Waals surface area (Å²) in [5.74, 6) is 0.698. The van der Waals surface area contributed by atoms with Crippen LogP contribution in [0.5, 0.6) is 5.75 Å². The highest BCUT2D eigenvalue weighted by molar-refractivity contribution is 5.92. The van der Waals surface area contributed by atoms with Crippen LogP contribution in [-0.4, -0.2) is 28.3 Å². The number of amides is 3. The number of benzene rings is 2. The number of para-hydroxylation sites is 1. The van der Waals surface area contributed by atoms with E-state index in [1.54, 1.807) is 16.9 Å². The molecular weight excluding hydrogens is 422 g/mol. The third-order valence-electron chi connectivity index (χ3n) is 4.70. The normalized spacial score (nSPS) is 10.4. The van der Waals surface area contributed by atoms with Gasteiger partial charge in [0.2, 0.25) is 0 Å². The molecule has 3 amide bonds. The molecule has 33 heavy (non-hydrogen) atoms. The van der Waals surface area contributed by atoms with E-state index in [0.29, 0.717) is 24.5 Å². The number of nitrogens with zero attached hydrogens (tertiary/aromatic N) is 2. The molecule has 2 aromatic heterocycles. The Morgan fingerprint density at radius 2 is 1.76 bits per heavy atom. The molecule has 2 aromatic carbocycles. The molecule has 9 heteroatoms. The molecule has 2 heterocycles. The number of urea groups is 1. The summed E-state index contributed by atoms with van der Waals surface area (Å²) < 4.78 is 12.8. The van der Waals surface area contributed by atoms with Gasteiger partial charge in [-0.3, -0.25) is 10.2 Å². The van der Waals surface area contributed by atoms with Crippen LogP contribution < -0.4 is 20.9 Å². The molecule has 0 radical (unpaired) electrons. The smallest absolute Gasteiger partial charge is 0.333 e. The number of furan rings is 1. The standard InChI is InChI=1S/C24H23N5O4/c30-23(22-12-11-21(33-22)17-32-20-5-2-1-3-6-20)27-28-24(31)25-15-13-18-7-9-19(10-8-18)29-16-4-14-26-29/h1-12,14,16H,13,15,17H2,(H,27,30)(H2,25,28,31). The molecule has 0 saturated carbocycles. The van der Waals surface area contributed by atoms with Crippen molar-refractivity contribution >= 4 is 11.9 Å². The van der Waals surface area contributed by atoms with Crippen molar-refractivity contribution in [2.24, 2.45) is 0 Å². The van der Waals surface area contributed by atoms with Crippen LogP contribution in [0, 0.1) is 0 Å². The summed E-state index contributed by atoms with van der Waals surface area (Å²) in [6.07, 6.45) is 4.24. The summed E-state index contributed by atoms with van der Waals surface area (Å²) in [5, 5.41) is 6.88. The van der Waals surface area contributed by atoms with E-state index in [1.807, 2.05) is 66.9 Å². The fraction of sp³-hybridized carbons (Fsp3) is 0.125. The molecule has 3 N–H and O–H groups in total. The van der Waals surface area contributed by atoms with Gasteiger partial charge in [0.05, 0.1) is 5.69 Å². The molecule has 0 atom stereocenters. The van der Waals surface area contributed by atoms with Crippen LogP contribution in [-0.2, 0) is 13.0 Å². The third kappa shape index (κ3) is 6.23. The highest BCUT2D eigenvalue weighted by Gasteiger charge is 2.12. The van der Waals surface area contributed by atoms with E-state index in [2.05, 4.69) is 21.3 Å². The summed E-state index contributed by atoms with van der Waals surface area (Å²) in [5.41, 5.74) is 6.65. The molecule has 0 unspecified atom stereocenters. The first-order chi connectivity index (χ1) is 16.2. The quantitative estimate of drug-likeness (QED) is 0.361. The second-order valence-electron chi connectivity index (χ2n) is 7.07. The molecule has 0 aliphatic rings. The van der Waals surface area contributed by atoms with Crippen molar-refractivity contribution in [1.29, 1.82) is 0 Å². The highest BCUT2D eigenvalue weighted by atomic mass is 16.5. The first kappa shape index (κ1) is 21.7. The van der Waals surface area contributed by atoms with E-state index in [4.69, 9.17) is 9.15 Å². The molecule has 9 nitrogen and oxygen atoms in total. The summed E-state index contributed by atoms with van der Waals surface area (Å²) in [7, 11) is 0. The number of aromatic nitrogens is 2. The molecule has 4 aromatic rings. The van der Waals surface area contributed by atoms with E-state index in [1.165, 1.54) is 6.07 Å². The Morgan fingerprint density at radius 3 is 2.52 bits per heavy atom. The van der Waals surface area contributed by atoms with Crippen molar-refractivity contribution < 1.29 is 18.7 Å². The zero-order valence-electron chi connectivity index (χ0n) is 17.7. The summed E-state index contributed by atoms with van der Waals surface area (Å²) in [6.45, 7) is 0.596. The van der Waals surface area contributed by atoms with Crippen LogP contribution >= 0.6 is 0 Å². The van der Waals surface area contributed by atoms with Gasteiger partial charge in [-0.2, -0.15) is 5.10 Å². The molecule has 168 valence electrons. The van der Waals surface area contributed by atoms with Crippen LogP contribution in [0.25, 0.3) is 5.69 Å². The van der Waals surface area contributed by atoms with Gasteiger partial charge < -0.3 is 14.5 Å². The van der Waals surface area contributed by atoms with Crippen molar-refractivity contribution in [3.63, 3.8) is 0 Å². The number of hydrogen-bond acceptors (Lipinski definition) is 5. The maximum absolute atomic E-state index is 12.2. The lowest BCUT2D eigenvalue weighted by atomic mass is 10.1. The number of nitrogens with one attached hydrogen (secondary N) is 3. The molecule has 0 fully saturated rings. The lowest BCUT2D eigenvalue weighted by Crippen LogP contribution is -2.47. The molecule has 0 aliphatic heterocycles. The molecule has 0 bridgehead atoms. The van der Waals surface area contributed by atoms with Crippen LogP contribution in [0.3, 0.4) is 0 Å². The maximum Gasteiger partial charge on any atom is 0.333 e. The van der Waals surface area contributed by atoms with E-state index in [0.717, 1.165) is 11.3 Å². The van der Waals surface area contributed by atoms with E-state index in [-0.39, 0.29) is 12.4 Å². The molecular formula is C24H23N5O4. The number of hydrogen-bond donors (Lipinski definition) is 3. The number of carbonyl (C=O) groups excluding carboxylic acids is 2. The Bertz CT molecular complexity index is 1170. The molecule has 0 saturated heterocycles. The number of carbonyl (C=O) groups is 2. The lowest BCUT2D eigenvalue weighted by molar-refractivity contribution is 0.0904. The van der Waals surface area contributed by atoms with Gasteiger partial charge in [0, 0.05) is 18.9 Å². The van der Waals surface area contributed by atoms with Gasteiger partial charge in [0.15, 0.2) is 5.76 Å². The monoisotopic (exact) mass is 445 g/mol. The van der Waals surface area contributed by atoms with Crippen molar-refractivity contribution in [2.75, 3.05) is 6.54 Å². The molecule has 0 aliphatic carbocycles. The Hall–Kier alpha value is -4.53. The topological polar surface area (TPSA) is 110 Å². The van der Waals surface area contributed by atoms with E-state index >= 15 is 0 Å². The average Bonchev–Trinajstić information content (AvgIpc) is 3.55. The number of ether oxygens (including phenoxy) is 1. The summed E-state index contributed by atoms with van der Waals surface area (Å²) in [6, 6.07) is 21.7. The van der Waals surface area contributed by atoms with Crippen molar-refractivity contribution in [3.8, 4) is 11.4 Å². The fourth-order valence-electron chi connectivity index (χ4n) is 3.03. The van der Waals surface area contributed by atoms with Gasteiger partial charge in [0.25, 0.3) is 0 Å². The average molecular weight is 445 g/mol. The van der Waals surface area contributed by atoms with Crippen LogP contribution in [0.15, 0.2) is 89.6 Å². The Labute approximate surface area is 190 Å². The minimum Gasteiger partial charge on any atom is -0.486 e. The fourth-order valence-corrected chi connectivity index (χ4v) is 3.03. The van der Waals surface area contributed by atoms with Gasteiger partial charge in [-0.25, -0.2) is 14.9 Å². The number of rotatable bonds is 8. The largest absolute Gasteiger partial charge is 0.486 e. The Morgan fingerprint density at radius 1 is 0.939 bits per heavy atom. The second-order valence-corrected chi connectivity index (χ2v) is 7.07. The van der Waals surface area contributed by atoms with E-state index in [9.17, 15) is 9.59 Å². The van der Waals surface area contributed by atoms with Gasteiger partial charge in [-0.1, -0.05) is 30.3 Å². The van der Waals surface area contributed by atoms with Crippen LogP contribution in [0.1, 0.15) is 21.9 Å². The van der Waals surface area contributed by atoms with Crippen molar-refractivity contribution in [2.45, 2.75) is 13.0 Å². The van der Waals surface area contributed by atoms with Gasteiger partial charge in [0.1, 0.15) is 18.1 Å². The summed E-state index contributed by atoms with van der Waals surface area (Å²) in [4.78, 5) is 24.1. The highest BCUT2D eigenvalue weighted by Crippen LogP contribution is 2.14. The van der Waals surface area contributed by atoms with E-state index < -0.39 is 11.9 Å². The minimum absolute atomic E-state index is 0.0687. The van der Waals surface area contributed by atoms with Gasteiger partial charge in [-0.05, 0) is 54.4 Å².